The van der Waals surface area contributed by atoms with Crippen LogP contribution in [0.15, 0.2) is 18.2 Å². The lowest BCUT2D eigenvalue weighted by atomic mass is 10.2. The van der Waals surface area contributed by atoms with Crippen molar-refractivity contribution < 1.29 is 9.53 Å². The van der Waals surface area contributed by atoms with Gasteiger partial charge >= 0.3 is 0 Å². The van der Waals surface area contributed by atoms with Gasteiger partial charge in [0.25, 0.3) is 0 Å². The number of ether oxygens (including phenoxy) is 1. The van der Waals surface area contributed by atoms with Gasteiger partial charge in [-0.15, -0.1) is 0 Å². The van der Waals surface area contributed by atoms with Crippen molar-refractivity contribution in [3.05, 3.63) is 28.2 Å². The zero-order valence-corrected chi connectivity index (χ0v) is 12.5. The highest BCUT2D eigenvalue weighted by Gasteiger charge is 2.15. The van der Waals surface area contributed by atoms with E-state index in [1.54, 1.807) is 18.2 Å². The van der Waals surface area contributed by atoms with Gasteiger partial charge in [0, 0.05) is 18.0 Å². The van der Waals surface area contributed by atoms with E-state index >= 15 is 0 Å². The van der Waals surface area contributed by atoms with Crippen LogP contribution in [-0.4, -0.2) is 37.6 Å². The van der Waals surface area contributed by atoms with Gasteiger partial charge in [-0.05, 0) is 38.7 Å². The molecule has 0 aliphatic rings. The molecule has 0 aromatic heterocycles. The second-order valence-corrected chi connectivity index (χ2v) is 5.43. The Morgan fingerprint density at radius 2 is 2.11 bits per heavy atom. The van der Waals surface area contributed by atoms with E-state index in [1.807, 2.05) is 19.0 Å². The average molecular weight is 305 g/mol. The summed E-state index contributed by atoms with van der Waals surface area (Å²) in [6, 6.07) is 5.06. The molecule has 1 amide bonds. The normalized spacial score (nSPS) is 12.5. The summed E-state index contributed by atoms with van der Waals surface area (Å²) in [5.41, 5.74) is 5.16. The van der Waals surface area contributed by atoms with Crippen molar-refractivity contribution in [2.75, 3.05) is 20.6 Å². The number of nitrogens with zero attached hydrogens (tertiary/aromatic N) is 1. The molecule has 1 rings (SSSR count). The van der Waals surface area contributed by atoms with Crippen LogP contribution in [0.3, 0.4) is 0 Å². The zero-order chi connectivity index (χ0) is 14.4. The molecule has 0 aliphatic heterocycles. The third-order valence-electron chi connectivity index (χ3n) is 2.47. The average Bonchev–Trinajstić information content (AvgIpc) is 2.28. The smallest absolute Gasteiger partial charge is 0.217 e. The van der Waals surface area contributed by atoms with Crippen LogP contribution in [0.2, 0.25) is 10.0 Å². The molecule has 0 spiro atoms. The van der Waals surface area contributed by atoms with Crippen molar-refractivity contribution in [1.29, 1.82) is 0 Å². The number of benzene rings is 1. The third-order valence-corrected chi connectivity index (χ3v) is 3.00. The summed E-state index contributed by atoms with van der Waals surface area (Å²) in [6.45, 7) is 0.673. The zero-order valence-electron chi connectivity index (χ0n) is 11.0. The maximum atomic E-state index is 10.9. The highest BCUT2D eigenvalue weighted by molar-refractivity contribution is 6.35. The summed E-state index contributed by atoms with van der Waals surface area (Å²) in [5, 5.41) is 1.01. The quantitative estimate of drug-likeness (QED) is 0.842. The topological polar surface area (TPSA) is 55.6 Å². The van der Waals surface area contributed by atoms with Crippen LogP contribution >= 0.6 is 23.2 Å². The Kier molecular flexibility index (Phi) is 6.42. The van der Waals surface area contributed by atoms with Crippen LogP contribution in [0.5, 0.6) is 5.75 Å². The lowest BCUT2D eigenvalue weighted by molar-refractivity contribution is -0.118. The predicted molar refractivity (Wildman–Crippen MR) is 77.9 cm³/mol. The van der Waals surface area contributed by atoms with Gasteiger partial charge in [0.1, 0.15) is 11.9 Å². The van der Waals surface area contributed by atoms with E-state index in [0.29, 0.717) is 28.8 Å². The first kappa shape index (κ1) is 16.1. The molecule has 0 heterocycles. The molecular weight excluding hydrogens is 287 g/mol. The highest BCUT2D eigenvalue weighted by atomic mass is 35.5. The summed E-state index contributed by atoms with van der Waals surface area (Å²) in [6.07, 6.45) is 0.678. The molecule has 0 saturated heterocycles. The van der Waals surface area contributed by atoms with Gasteiger partial charge in [-0.2, -0.15) is 0 Å². The lowest BCUT2D eigenvalue weighted by Crippen LogP contribution is -2.32. The minimum absolute atomic E-state index is 0.152. The fourth-order valence-corrected chi connectivity index (χ4v) is 2.10. The SMILES string of the molecule is CN(C)CC(CCC(N)=O)Oc1ccc(Cl)cc1Cl. The van der Waals surface area contributed by atoms with Gasteiger partial charge in [0.15, 0.2) is 0 Å². The number of halogens is 2. The van der Waals surface area contributed by atoms with Crippen LogP contribution in [-0.2, 0) is 4.79 Å². The standard InChI is InChI=1S/C13H18Cl2N2O2/c1-17(2)8-10(4-6-13(16)18)19-12-5-3-9(14)7-11(12)15/h3,5,7,10H,4,6,8H2,1-2H3,(H2,16,18). The number of nitrogens with two attached hydrogens (primary N) is 1. The molecular formula is C13H18Cl2N2O2. The first-order chi connectivity index (χ1) is 8.88. The van der Waals surface area contributed by atoms with Gasteiger partial charge in [-0.25, -0.2) is 0 Å². The van der Waals surface area contributed by atoms with Gasteiger partial charge in [-0.3, -0.25) is 4.79 Å². The van der Waals surface area contributed by atoms with E-state index in [1.165, 1.54) is 0 Å². The maximum absolute atomic E-state index is 10.9. The predicted octanol–water partition coefficient (Wildman–Crippen LogP) is 2.57. The first-order valence-corrected chi connectivity index (χ1v) is 6.69. The Morgan fingerprint density at radius 1 is 1.42 bits per heavy atom. The first-order valence-electron chi connectivity index (χ1n) is 5.93. The van der Waals surface area contributed by atoms with E-state index in [2.05, 4.69) is 0 Å². The van der Waals surface area contributed by atoms with Crippen molar-refractivity contribution >= 4 is 29.1 Å². The number of primary amides is 1. The monoisotopic (exact) mass is 304 g/mol. The fraction of sp³-hybridized carbons (Fsp3) is 0.462. The van der Waals surface area contributed by atoms with E-state index in [0.717, 1.165) is 0 Å². The summed E-state index contributed by atoms with van der Waals surface area (Å²) >= 11 is 11.9. The van der Waals surface area contributed by atoms with Crippen molar-refractivity contribution in [2.24, 2.45) is 5.73 Å². The van der Waals surface area contributed by atoms with Crippen molar-refractivity contribution in [3.63, 3.8) is 0 Å². The van der Waals surface area contributed by atoms with Gasteiger partial charge in [0.05, 0.1) is 5.02 Å². The second kappa shape index (κ2) is 7.58. The molecule has 1 atom stereocenters. The molecule has 0 aliphatic carbocycles. The summed E-state index contributed by atoms with van der Waals surface area (Å²) < 4.78 is 5.82. The van der Waals surface area contributed by atoms with Crippen LogP contribution in [0.25, 0.3) is 0 Å². The largest absolute Gasteiger partial charge is 0.488 e. The molecule has 6 heteroatoms. The Balaban J connectivity index is 2.72. The van der Waals surface area contributed by atoms with Gasteiger partial charge in [-0.1, -0.05) is 23.2 Å². The van der Waals surface area contributed by atoms with Gasteiger partial charge in [0.2, 0.25) is 5.91 Å². The molecule has 1 aromatic carbocycles. The number of carbonyl (C=O) groups is 1. The number of carbonyl (C=O) groups excluding carboxylic acids is 1. The van der Waals surface area contributed by atoms with E-state index < -0.39 is 0 Å². The van der Waals surface area contributed by atoms with E-state index in [-0.39, 0.29) is 18.4 Å². The molecule has 1 unspecified atom stereocenters. The minimum Gasteiger partial charge on any atom is -0.488 e. The number of rotatable bonds is 7. The summed E-state index contributed by atoms with van der Waals surface area (Å²) in [4.78, 5) is 12.8. The molecule has 4 nitrogen and oxygen atoms in total. The number of hydrogen-bond donors (Lipinski definition) is 1. The van der Waals surface area contributed by atoms with E-state index in [9.17, 15) is 4.79 Å². The highest BCUT2D eigenvalue weighted by Crippen LogP contribution is 2.28. The summed E-state index contributed by atoms with van der Waals surface area (Å²) in [5.74, 6) is 0.219. The Labute approximate surface area is 123 Å². The van der Waals surface area contributed by atoms with Crippen LogP contribution in [0, 0.1) is 0 Å². The minimum atomic E-state index is -0.338. The molecule has 106 valence electrons. The number of hydrogen-bond acceptors (Lipinski definition) is 3. The molecule has 0 fully saturated rings. The molecule has 0 saturated carbocycles. The van der Waals surface area contributed by atoms with Crippen molar-refractivity contribution in [3.8, 4) is 5.75 Å². The van der Waals surface area contributed by atoms with Crippen LogP contribution in [0.4, 0.5) is 0 Å². The van der Waals surface area contributed by atoms with Crippen molar-refractivity contribution in [1.82, 2.24) is 4.90 Å². The van der Waals surface area contributed by atoms with E-state index in [4.69, 9.17) is 33.7 Å². The third kappa shape index (κ3) is 6.14. The Hall–Kier alpha value is -0.970. The van der Waals surface area contributed by atoms with Gasteiger partial charge < -0.3 is 15.4 Å². The summed E-state index contributed by atoms with van der Waals surface area (Å²) in [7, 11) is 3.87. The molecule has 0 bridgehead atoms. The Bertz CT molecular complexity index is 439. The molecule has 19 heavy (non-hydrogen) atoms. The van der Waals surface area contributed by atoms with Crippen molar-refractivity contribution in [2.45, 2.75) is 18.9 Å². The molecule has 1 aromatic rings. The maximum Gasteiger partial charge on any atom is 0.217 e. The number of amides is 1. The fourth-order valence-electron chi connectivity index (χ4n) is 1.65. The molecule has 2 N–H and O–H groups in total. The number of likely N-dealkylation sites (N-methyl/N-ethyl adjacent to an activating group) is 1. The van der Waals surface area contributed by atoms with Crippen LogP contribution in [0.1, 0.15) is 12.8 Å². The van der Waals surface area contributed by atoms with Crippen LogP contribution < -0.4 is 10.5 Å². The Morgan fingerprint density at radius 3 is 2.63 bits per heavy atom. The second-order valence-electron chi connectivity index (χ2n) is 4.58. The lowest BCUT2D eigenvalue weighted by Gasteiger charge is -2.22. The molecule has 0 radical (unpaired) electrons.